The number of rotatable bonds is 4. The van der Waals surface area contributed by atoms with Crippen LogP contribution in [0.3, 0.4) is 0 Å². The number of aliphatic carboxylic acids is 1. The summed E-state index contributed by atoms with van der Waals surface area (Å²) in [4.78, 5) is 26.7. The van der Waals surface area contributed by atoms with Gasteiger partial charge < -0.3 is 10.0 Å². The van der Waals surface area contributed by atoms with Gasteiger partial charge in [0.2, 0.25) is 15.9 Å². The maximum atomic E-state index is 13.1. The summed E-state index contributed by atoms with van der Waals surface area (Å²) in [6, 6.07) is 6.99. The average Bonchev–Trinajstić information content (AvgIpc) is 3.34. The molecule has 0 aromatic heterocycles. The topological polar surface area (TPSA) is 95.0 Å². The number of fused-ring (bicyclic) bond motifs is 2. The Kier molecular flexibility index (Phi) is 5.50. The molecule has 7 nitrogen and oxygen atoms in total. The minimum atomic E-state index is -3.63. The van der Waals surface area contributed by atoms with Gasteiger partial charge in [-0.1, -0.05) is 45.1 Å². The summed E-state index contributed by atoms with van der Waals surface area (Å²) in [7, 11) is -3.63. The monoisotopic (exact) mass is 446 g/mol. The quantitative estimate of drug-likeness (QED) is 0.717. The molecule has 8 heteroatoms. The fourth-order valence-electron chi connectivity index (χ4n) is 5.13. The number of nitrogens with zero attached hydrogens (tertiary/aromatic N) is 2. The van der Waals surface area contributed by atoms with Crippen molar-refractivity contribution in [1.29, 1.82) is 0 Å². The lowest BCUT2D eigenvalue weighted by Crippen LogP contribution is -2.53. The maximum absolute atomic E-state index is 13.1. The summed E-state index contributed by atoms with van der Waals surface area (Å²) in [6.07, 6.45) is 4.60. The highest BCUT2D eigenvalue weighted by Gasteiger charge is 2.52. The van der Waals surface area contributed by atoms with Crippen molar-refractivity contribution >= 4 is 21.9 Å². The Bertz CT molecular complexity index is 1000. The molecule has 4 atom stereocenters. The summed E-state index contributed by atoms with van der Waals surface area (Å²) in [5.41, 5.74) is 1.01. The average molecular weight is 447 g/mol. The van der Waals surface area contributed by atoms with E-state index in [1.54, 1.807) is 17.0 Å². The van der Waals surface area contributed by atoms with E-state index in [1.165, 1.54) is 4.31 Å². The first-order valence-electron chi connectivity index (χ1n) is 10.8. The molecule has 1 saturated heterocycles. The van der Waals surface area contributed by atoms with Crippen LogP contribution in [0.5, 0.6) is 0 Å². The summed E-state index contributed by atoms with van der Waals surface area (Å²) in [5, 5.41) is 9.61. The number of piperazine rings is 1. The van der Waals surface area contributed by atoms with Crippen LogP contribution < -0.4 is 0 Å². The van der Waals surface area contributed by atoms with Crippen LogP contribution in [0.2, 0.25) is 0 Å². The molecule has 1 heterocycles. The molecule has 3 aliphatic rings. The number of hydrogen-bond donors (Lipinski definition) is 1. The third-order valence-corrected chi connectivity index (χ3v) is 8.85. The van der Waals surface area contributed by atoms with Gasteiger partial charge in [0.25, 0.3) is 0 Å². The number of carbonyl (C=O) groups is 2. The molecule has 1 saturated carbocycles. The molecular formula is C23H30N2O5S. The zero-order valence-corrected chi connectivity index (χ0v) is 19.0. The van der Waals surface area contributed by atoms with Gasteiger partial charge in [0.15, 0.2) is 0 Å². The third kappa shape index (κ3) is 3.91. The molecule has 1 aliphatic heterocycles. The van der Waals surface area contributed by atoms with Crippen LogP contribution in [0.4, 0.5) is 0 Å². The largest absolute Gasteiger partial charge is 0.481 e. The number of benzene rings is 1. The number of carbonyl (C=O) groups excluding carboxylic acids is 1. The van der Waals surface area contributed by atoms with Crippen molar-refractivity contribution in [3.8, 4) is 0 Å². The number of amides is 1. The zero-order valence-electron chi connectivity index (χ0n) is 18.2. The molecule has 168 valence electrons. The summed E-state index contributed by atoms with van der Waals surface area (Å²) in [5.74, 6) is -2.40. The van der Waals surface area contributed by atoms with Crippen LogP contribution in [0.15, 0.2) is 41.3 Å². The second-order valence-corrected chi connectivity index (χ2v) is 11.8. The predicted octanol–water partition coefficient (Wildman–Crippen LogP) is 2.34. The molecule has 2 aliphatic carbocycles. The molecular weight excluding hydrogens is 416 g/mol. The fourth-order valence-corrected chi connectivity index (χ4v) is 6.55. The van der Waals surface area contributed by atoms with Gasteiger partial charge in [0.05, 0.1) is 16.7 Å². The van der Waals surface area contributed by atoms with Gasteiger partial charge in [-0.15, -0.1) is 0 Å². The summed E-state index contributed by atoms with van der Waals surface area (Å²) < 4.78 is 27.5. The molecule has 2 bridgehead atoms. The van der Waals surface area contributed by atoms with Gasteiger partial charge in [0, 0.05) is 26.2 Å². The number of carboxylic acids is 1. The van der Waals surface area contributed by atoms with E-state index in [1.807, 2.05) is 24.3 Å². The van der Waals surface area contributed by atoms with E-state index in [0.29, 0.717) is 6.42 Å². The van der Waals surface area contributed by atoms with Crippen molar-refractivity contribution in [1.82, 2.24) is 9.21 Å². The number of hydrogen-bond acceptors (Lipinski definition) is 4. The van der Waals surface area contributed by atoms with E-state index in [0.717, 1.165) is 5.56 Å². The lowest BCUT2D eigenvalue weighted by atomic mass is 9.82. The van der Waals surface area contributed by atoms with Gasteiger partial charge in [0.1, 0.15) is 0 Å². The van der Waals surface area contributed by atoms with Crippen molar-refractivity contribution in [2.45, 2.75) is 37.5 Å². The summed E-state index contributed by atoms with van der Waals surface area (Å²) in [6.45, 7) is 7.21. The molecule has 31 heavy (non-hydrogen) atoms. The smallest absolute Gasteiger partial charge is 0.307 e. The van der Waals surface area contributed by atoms with E-state index in [-0.39, 0.29) is 54.2 Å². The van der Waals surface area contributed by atoms with Crippen molar-refractivity contribution < 1.29 is 23.1 Å². The van der Waals surface area contributed by atoms with E-state index in [2.05, 4.69) is 20.8 Å². The normalized spacial score (nSPS) is 28.8. The maximum Gasteiger partial charge on any atom is 0.307 e. The number of allylic oxidation sites excluding steroid dienone is 2. The van der Waals surface area contributed by atoms with E-state index >= 15 is 0 Å². The van der Waals surface area contributed by atoms with E-state index in [4.69, 9.17) is 0 Å². The molecule has 1 amide bonds. The Morgan fingerprint density at radius 1 is 0.935 bits per heavy atom. The lowest BCUT2D eigenvalue weighted by molar-refractivity contribution is -0.151. The standard InChI is InChI=1S/C23H30N2O5S/c1-23(2,3)17-6-8-18(9-7-17)31(29,30)25-12-10-24(11-13-25)21(26)19-15-4-5-16(14-15)20(19)22(27)28/h4-9,15-16,19-20H,10-14H2,1-3H3,(H,27,28). The minimum Gasteiger partial charge on any atom is -0.481 e. The van der Waals surface area contributed by atoms with Gasteiger partial charge >= 0.3 is 5.97 Å². The first-order chi connectivity index (χ1) is 14.5. The fraction of sp³-hybridized carbons (Fsp3) is 0.565. The van der Waals surface area contributed by atoms with Crippen molar-refractivity contribution in [3.05, 3.63) is 42.0 Å². The highest BCUT2D eigenvalue weighted by molar-refractivity contribution is 7.89. The minimum absolute atomic E-state index is 0.0262. The van der Waals surface area contributed by atoms with Crippen LogP contribution in [-0.2, 0) is 25.0 Å². The van der Waals surface area contributed by atoms with Crippen LogP contribution in [0.1, 0.15) is 32.8 Å². The molecule has 4 rings (SSSR count). The zero-order chi connectivity index (χ0) is 22.6. The number of carboxylic acid groups (broad SMARTS) is 1. The Morgan fingerprint density at radius 2 is 1.48 bits per heavy atom. The molecule has 4 unspecified atom stereocenters. The van der Waals surface area contributed by atoms with Crippen LogP contribution >= 0.6 is 0 Å². The van der Waals surface area contributed by atoms with Crippen molar-refractivity contribution in [2.75, 3.05) is 26.2 Å². The van der Waals surface area contributed by atoms with E-state index < -0.39 is 27.8 Å². The Hall–Kier alpha value is -2.19. The Labute approximate surface area is 183 Å². The first-order valence-corrected chi connectivity index (χ1v) is 12.2. The van der Waals surface area contributed by atoms with Crippen molar-refractivity contribution in [3.63, 3.8) is 0 Å². The third-order valence-electron chi connectivity index (χ3n) is 6.94. The highest BCUT2D eigenvalue weighted by atomic mass is 32.2. The Morgan fingerprint density at radius 3 is 2.00 bits per heavy atom. The van der Waals surface area contributed by atoms with Crippen LogP contribution in [0.25, 0.3) is 0 Å². The molecule has 0 spiro atoms. The first kappa shape index (κ1) is 22.0. The van der Waals surface area contributed by atoms with Gasteiger partial charge in [-0.2, -0.15) is 4.31 Å². The molecule has 1 aromatic carbocycles. The Balaban J connectivity index is 1.43. The second-order valence-electron chi connectivity index (χ2n) is 9.84. The van der Waals surface area contributed by atoms with E-state index in [9.17, 15) is 23.1 Å². The van der Waals surface area contributed by atoms with Gasteiger partial charge in [-0.3, -0.25) is 9.59 Å². The van der Waals surface area contributed by atoms with Crippen molar-refractivity contribution in [2.24, 2.45) is 23.7 Å². The molecule has 0 radical (unpaired) electrons. The lowest BCUT2D eigenvalue weighted by Gasteiger charge is -2.37. The van der Waals surface area contributed by atoms with Crippen LogP contribution in [-0.4, -0.2) is 60.8 Å². The second kappa shape index (κ2) is 7.74. The van der Waals surface area contributed by atoms with Crippen LogP contribution in [0, 0.1) is 23.7 Å². The highest BCUT2D eigenvalue weighted by Crippen LogP contribution is 2.48. The SMILES string of the molecule is CC(C)(C)c1ccc(S(=O)(=O)N2CCN(C(=O)C3C4C=CC(C4)C3C(=O)O)CC2)cc1. The molecule has 2 fully saturated rings. The summed E-state index contributed by atoms with van der Waals surface area (Å²) >= 11 is 0. The predicted molar refractivity (Wildman–Crippen MR) is 116 cm³/mol. The van der Waals surface area contributed by atoms with Gasteiger partial charge in [-0.25, -0.2) is 8.42 Å². The number of sulfonamides is 1. The van der Waals surface area contributed by atoms with Gasteiger partial charge in [-0.05, 0) is 41.4 Å². The molecule has 1 aromatic rings. The molecule has 1 N–H and O–H groups in total.